The smallest absolute Gasteiger partial charge is 0.317 e. The Balaban J connectivity index is 1.39. The van der Waals surface area contributed by atoms with Gasteiger partial charge in [0.25, 0.3) is 5.56 Å². The Bertz CT molecular complexity index is 903. The SMILES string of the molecule is CN(Cc1nc2ccsc2c(=O)[nH]1)C(=O)NCCCOCc1ccco1. The average Bonchev–Trinajstić information content (AvgIpc) is 3.29. The number of hydrogen-bond acceptors (Lipinski definition) is 6. The molecule has 3 aromatic heterocycles. The molecular formula is C17H20N4O4S. The van der Waals surface area contributed by atoms with Crippen LogP contribution in [-0.2, 0) is 17.9 Å². The number of nitrogens with zero attached hydrogens (tertiary/aromatic N) is 2. The number of amides is 2. The highest BCUT2D eigenvalue weighted by Crippen LogP contribution is 2.14. The molecule has 0 spiro atoms. The molecule has 0 unspecified atom stereocenters. The van der Waals surface area contributed by atoms with Gasteiger partial charge in [0.2, 0.25) is 0 Å². The number of urea groups is 1. The van der Waals surface area contributed by atoms with Gasteiger partial charge in [-0.2, -0.15) is 0 Å². The second-order valence-electron chi connectivity index (χ2n) is 5.72. The summed E-state index contributed by atoms with van der Waals surface area (Å²) in [5.74, 6) is 1.23. The molecule has 9 heteroatoms. The van der Waals surface area contributed by atoms with E-state index in [2.05, 4.69) is 15.3 Å². The summed E-state index contributed by atoms with van der Waals surface area (Å²) in [6.45, 7) is 1.66. The molecule has 0 aliphatic rings. The summed E-state index contributed by atoms with van der Waals surface area (Å²) in [5.41, 5.74) is 0.471. The number of aromatic amines is 1. The van der Waals surface area contributed by atoms with Gasteiger partial charge in [-0.05, 0) is 30.0 Å². The number of ether oxygens (including phenoxy) is 1. The fourth-order valence-corrected chi connectivity index (χ4v) is 3.09. The van der Waals surface area contributed by atoms with Crippen LogP contribution in [0, 0.1) is 0 Å². The maximum absolute atomic E-state index is 12.1. The molecule has 0 saturated heterocycles. The van der Waals surface area contributed by atoms with Crippen LogP contribution in [0.1, 0.15) is 18.0 Å². The van der Waals surface area contributed by atoms with E-state index in [-0.39, 0.29) is 18.1 Å². The van der Waals surface area contributed by atoms with Crippen molar-refractivity contribution in [3.05, 3.63) is 51.8 Å². The monoisotopic (exact) mass is 376 g/mol. The molecule has 0 saturated carbocycles. The number of nitrogens with one attached hydrogen (secondary N) is 2. The summed E-state index contributed by atoms with van der Waals surface area (Å²) < 4.78 is 11.2. The Morgan fingerprint density at radius 3 is 3.15 bits per heavy atom. The molecule has 0 bridgehead atoms. The number of H-pyrrole nitrogens is 1. The molecule has 0 fully saturated rings. The highest BCUT2D eigenvalue weighted by molar-refractivity contribution is 7.17. The third-order valence-electron chi connectivity index (χ3n) is 3.66. The third kappa shape index (κ3) is 4.70. The Hall–Kier alpha value is -2.65. The first kappa shape index (κ1) is 18.2. The van der Waals surface area contributed by atoms with E-state index in [1.807, 2.05) is 17.5 Å². The number of thiophene rings is 1. The highest BCUT2D eigenvalue weighted by atomic mass is 32.1. The molecule has 3 heterocycles. The molecular weight excluding hydrogens is 356 g/mol. The summed E-state index contributed by atoms with van der Waals surface area (Å²) in [7, 11) is 1.65. The van der Waals surface area contributed by atoms with Crippen LogP contribution in [0.5, 0.6) is 0 Å². The van der Waals surface area contributed by atoms with Crippen molar-refractivity contribution >= 4 is 27.6 Å². The molecule has 2 N–H and O–H groups in total. The maximum atomic E-state index is 12.1. The van der Waals surface area contributed by atoms with Crippen molar-refractivity contribution in [1.29, 1.82) is 0 Å². The predicted molar refractivity (Wildman–Crippen MR) is 98.1 cm³/mol. The van der Waals surface area contributed by atoms with Gasteiger partial charge in [-0.25, -0.2) is 9.78 Å². The van der Waals surface area contributed by atoms with Crippen molar-refractivity contribution in [1.82, 2.24) is 20.2 Å². The number of carbonyl (C=O) groups excluding carboxylic acids is 1. The van der Waals surface area contributed by atoms with Crippen LogP contribution in [0.4, 0.5) is 4.79 Å². The number of fused-ring (bicyclic) bond motifs is 1. The lowest BCUT2D eigenvalue weighted by molar-refractivity contribution is 0.104. The zero-order valence-corrected chi connectivity index (χ0v) is 15.2. The lowest BCUT2D eigenvalue weighted by Crippen LogP contribution is -2.38. The first-order chi connectivity index (χ1) is 12.6. The van der Waals surface area contributed by atoms with Crippen LogP contribution >= 0.6 is 11.3 Å². The lowest BCUT2D eigenvalue weighted by atomic mass is 10.4. The van der Waals surface area contributed by atoms with Gasteiger partial charge in [0, 0.05) is 20.2 Å². The van der Waals surface area contributed by atoms with Crippen molar-refractivity contribution in [2.24, 2.45) is 0 Å². The summed E-state index contributed by atoms with van der Waals surface area (Å²) >= 11 is 1.35. The minimum absolute atomic E-state index is 0.178. The average molecular weight is 376 g/mol. The largest absolute Gasteiger partial charge is 0.467 e. The van der Waals surface area contributed by atoms with Crippen LogP contribution in [0.3, 0.4) is 0 Å². The second-order valence-corrected chi connectivity index (χ2v) is 6.64. The molecule has 2 amide bonds. The summed E-state index contributed by atoms with van der Waals surface area (Å²) in [6.07, 6.45) is 2.29. The lowest BCUT2D eigenvalue weighted by Gasteiger charge is -2.17. The molecule has 0 aromatic carbocycles. The second kappa shape index (κ2) is 8.63. The Kier molecular flexibility index (Phi) is 6.03. The number of carbonyl (C=O) groups is 1. The standard InChI is InChI=1S/C17H20N4O4S/c1-21(10-14-19-13-5-9-26-15(13)16(22)20-14)17(23)18-6-3-7-24-11-12-4-2-8-25-12/h2,4-5,8-9H,3,6-7,10-11H2,1H3,(H,18,23)(H,19,20,22). The summed E-state index contributed by atoms with van der Waals surface area (Å²) in [5, 5.41) is 4.63. The van der Waals surface area contributed by atoms with E-state index < -0.39 is 0 Å². The van der Waals surface area contributed by atoms with Crippen molar-refractivity contribution in [2.45, 2.75) is 19.6 Å². The zero-order chi connectivity index (χ0) is 18.4. The maximum Gasteiger partial charge on any atom is 0.317 e. The van der Waals surface area contributed by atoms with Gasteiger partial charge in [-0.3, -0.25) is 4.79 Å². The molecule has 0 radical (unpaired) electrons. The highest BCUT2D eigenvalue weighted by Gasteiger charge is 2.11. The fourth-order valence-electron chi connectivity index (χ4n) is 2.36. The molecule has 3 rings (SSSR count). The van der Waals surface area contributed by atoms with E-state index in [9.17, 15) is 9.59 Å². The zero-order valence-electron chi connectivity index (χ0n) is 14.4. The van der Waals surface area contributed by atoms with Gasteiger partial charge in [0.1, 0.15) is 22.9 Å². The molecule has 0 atom stereocenters. The Morgan fingerprint density at radius 1 is 1.46 bits per heavy atom. The Morgan fingerprint density at radius 2 is 2.35 bits per heavy atom. The number of furan rings is 1. The summed E-state index contributed by atoms with van der Waals surface area (Å²) in [4.78, 5) is 32.6. The van der Waals surface area contributed by atoms with Crippen molar-refractivity contribution in [2.75, 3.05) is 20.2 Å². The van der Waals surface area contributed by atoms with Gasteiger partial charge in [-0.15, -0.1) is 11.3 Å². The van der Waals surface area contributed by atoms with E-state index in [0.29, 0.717) is 42.2 Å². The van der Waals surface area contributed by atoms with Crippen molar-refractivity contribution in [3.8, 4) is 0 Å². The van der Waals surface area contributed by atoms with Gasteiger partial charge in [-0.1, -0.05) is 0 Å². The van der Waals surface area contributed by atoms with Crippen molar-refractivity contribution < 1.29 is 13.9 Å². The number of hydrogen-bond donors (Lipinski definition) is 2. The number of rotatable bonds is 8. The first-order valence-electron chi connectivity index (χ1n) is 8.19. The Labute approximate surface area is 153 Å². The summed E-state index contributed by atoms with van der Waals surface area (Å²) in [6, 6.07) is 5.22. The molecule has 3 aromatic rings. The van der Waals surface area contributed by atoms with Gasteiger partial charge < -0.3 is 24.4 Å². The van der Waals surface area contributed by atoms with Crippen LogP contribution < -0.4 is 10.9 Å². The van der Waals surface area contributed by atoms with Crippen LogP contribution in [-0.4, -0.2) is 41.1 Å². The fraction of sp³-hybridized carbons (Fsp3) is 0.353. The van der Waals surface area contributed by atoms with E-state index in [4.69, 9.17) is 9.15 Å². The third-order valence-corrected chi connectivity index (χ3v) is 4.57. The van der Waals surface area contributed by atoms with Crippen LogP contribution in [0.2, 0.25) is 0 Å². The van der Waals surface area contributed by atoms with Crippen molar-refractivity contribution in [3.63, 3.8) is 0 Å². The molecule has 0 aliphatic heterocycles. The van der Waals surface area contributed by atoms with E-state index >= 15 is 0 Å². The normalized spacial score (nSPS) is 11.0. The molecule has 0 aliphatic carbocycles. The van der Waals surface area contributed by atoms with Gasteiger partial charge in [0.05, 0.1) is 18.3 Å². The van der Waals surface area contributed by atoms with E-state index in [1.54, 1.807) is 19.4 Å². The molecule has 8 nitrogen and oxygen atoms in total. The first-order valence-corrected chi connectivity index (χ1v) is 9.07. The number of aromatic nitrogens is 2. The quantitative estimate of drug-likeness (QED) is 0.588. The molecule has 26 heavy (non-hydrogen) atoms. The minimum Gasteiger partial charge on any atom is -0.467 e. The van der Waals surface area contributed by atoms with Gasteiger partial charge in [0.15, 0.2) is 0 Å². The minimum atomic E-state index is -0.232. The predicted octanol–water partition coefficient (Wildman–Crippen LogP) is 2.33. The van der Waals surface area contributed by atoms with Crippen LogP contribution in [0.25, 0.3) is 10.2 Å². The topological polar surface area (TPSA) is 100 Å². The van der Waals surface area contributed by atoms with Crippen LogP contribution in [0.15, 0.2) is 39.1 Å². The van der Waals surface area contributed by atoms with Gasteiger partial charge >= 0.3 is 6.03 Å². The van der Waals surface area contributed by atoms with E-state index in [1.165, 1.54) is 16.2 Å². The van der Waals surface area contributed by atoms with E-state index in [0.717, 1.165) is 5.76 Å². The molecule has 138 valence electrons.